The van der Waals surface area contributed by atoms with Crippen LogP contribution in [0.5, 0.6) is 0 Å². The molecule has 2 nitrogen and oxygen atoms in total. The minimum atomic E-state index is -0.244. The minimum absolute atomic E-state index is 0.234. The van der Waals surface area contributed by atoms with Gasteiger partial charge in [-0.2, -0.15) is 0 Å². The third kappa shape index (κ3) is 6.06. The number of hydrogen-bond acceptors (Lipinski definition) is 2. The van der Waals surface area contributed by atoms with Crippen LogP contribution in [-0.2, 0) is 6.54 Å². The van der Waals surface area contributed by atoms with E-state index in [9.17, 15) is 5.11 Å². The lowest BCUT2D eigenvalue weighted by molar-refractivity contribution is 0.0339. The molecule has 1 aromatic rings. The molecule has 0 aliphatic carbocycles. The summed E-state index contributed by atoms with van der Waals surface area (Å²) in [7, 11) is 2.13. The largest absolute Gasteiger partial charge is 0.391 e. The second kappa shape index (κ2) is 8.43. The maximum absolute atomic E-state index is 10.5. The van der Waals surface area contributed by atoms with Crippen molar-refractivity contribution in [2.24, 2.45) is 11.8 Å². The second-order valence-corrected chi connectivity index (χ2v) is 6.79. The molecule has 1 N–H and O–H groups in total. The highest BCUT2D eigenvalue weighted by atomic mass is 16.3. The van der Waals surface area contributed by atoms with Crippen molar-refractivity contribution < 1.29 is 5.11 Å². The molecule has 0 saturated heterocycles. The standard InChI is InChI=1S/C18H31NO/c1-14(2)11-17(18(20)12-15(3)4)19(5)13-16-9-7-6-8-10-16/h6-10,14-15,17-18,20H,11-13H2,1-5H3. The van der Waals surface area contributed by atoms with Gasteiger partial charge in [0.25, 0.3) is 0 Å². The van der Waals surface area contributed by atoms with Crippen LogP contribution in [0.1, 0.15) is 46.1 Å². The van der Waals surface area contributed by atoms with Crippen LogP contribution in [0, 0.1) is 11.8 Å². The van der Waals surface area contributed by atoms with Crippen molar-refractivity contribution in [1.82, 2.24) is 4.90 Å². The molecule has 2 atom stereocenters. The van der Waals surface area contributed by atoms with E-state index >= 15 is 0 Å². The van der Waals surface area contributed by atoms with Gasteiger partial charge in [-0.05, 0) is 37.3 Å². The van der Waals surface area contributed by atoms with Crippen LogP contribution in [0.15, 0.2) is 30.3 Å². The molecule has 2 unspecified atom stereocenters. The van der Waals surface area contributed by atoms with Crippen LogP contribution >= 0.6 is 0 Å². The molecule has 0 fully saturated rings. The van der Waals surface area contributed by atoms with Crippen LogP contribution in [0.3, 0.4) is 0 Å². The fraction of sp³-hybridized carbons (Fsp3) is 0.667. The first-order valence-electron chi connectivity index (χ1n) is 7.82. The van der Waals surface area contributed by atoms with E-state index in [1.54, 1.807) is 0 Å². The minimum Gasteiger partial charge on any atom is -0.391 e. The number of rotatable bonds is 8. The van der Waals surface area contributed by atoms with E-state index in [0.717, 1.165) is 19.4 Å². The molecule has 1 aromatic carbocycles. The van der Waals surface area contributed by atoms with Gasteiger partial charge in [-0.15, -0.1) is 0 Å². The Hall–Kier alpha value is -0.860. The number of likely N-dealkylation sites (N-methyl/N-ethyl adjacent to an activating group) is 1. The first-order chi connectivity index (χ1) is 9.40. The highest BCUT2D eigenvalue weighted by Gasteiger charge is 2.25. The molecule has 0 radical (unpaired) electrons. The Morgan fingerprint density at radius 2 is 1.50 bits per heavy atom. The summed E-state index contributed by atoms with van der Waals surface area (Å²) in [5, 5.41) is 10.5. The molecule has 0 aliphatic rings. The Bertz CT molecular complexity index is 361. The number of benzene rings is 1. The highest BCUT2D eigenvalue weighted by Crippen LogP contribution is 2.20. The Morgan fingerprint density at radius 1 is 0.950 bits per heavy atom. The predicted octanol–water partition coefficient (Wildman–Crippen LogP) is 3.94. The fourth-order valence-electron chi connectivity index (χ4n) is 2.74. The molecule has 20 heavy (non-hydrogen) atoms. The molecular formula is C18H31NO. The predicted molar refractivity (Wildman–Crippen MR) is 86.6 cm³/mol. The first-order valence-corrected chi connectivity index (χ1v) is 7.82. The average Bonchev–Trinajstić information content (AvgIpc) is 2.35. The van der Waals surface area contributed by atoms with Crippen LogP contribution in [0.4, 0.5) is 0 Å². The molecule has 0 heterocycles. The van der Waals surface area contributed by atoms with Gasteiger partial charge in [0.2, 0.25) is 0 Å². The average molecular weight is 277 g/mol. The molecule has 0 amide bonds. The van der Waals surface area contributed by atoms with Crippen molar-refractivity contribution in [3.05, 3.63) is 35.9 Å². The summed E-state index contributed by atoms with van der Waals surface area (Å²) < 4.78 is 0. The summed E-state index contributed by atoms with van der Waals surface area (Å²) in [6, 6.07) is 10.7. The molecule has 0 aromatic heterocycles. The lowest BCUT2D eigenvalue weighted by atomic mass is 9.92. The van der Waals surface area contributed by atoms with Crippen molar-refractivity contribution >= 4 is 0 Å². The fourth-order valence-corrected chi connectivity index (χ4v) is 2.74. The summed E-state index contributed by atoms with van der Waals surface area (Å²) in [5.41, 5.74) is 1.31. The number of hydrogen-bond donors (Lipinski definition) is 1. The summed E-state index contributed by atoms with van der Waals surface area (Å²) in [6.07, 6.45) is 1.67. The van der Waals surface area contributed by atoms with Crippen molar-refractivity contribution in [3.8, 4) is 0 Å². The van der Waals surface area contributed by atoms with Gasteiger partial charge in [0.15, 0.2) is 0 Å². The lowest BCUT2D eigenvalue weighted by Crippen LogP contribution is -2.42. The van der Waals surface area contributed by atoms with E-state index in [4.69, 9.17) is 0 Å². The van der Waals surface area contributed by atoms with E-state index in [1.807, 2.05) is 6.07 Å². The first kappa shape index (κ1) is 17.2. The quantitative estimate of drug-likeness (QED) is 0.778. The van der Waals surface area contributed by atoms with Crippen LogP contribution in [0.2, 0.25) is 0 Å². The maximum atomic E-state index is 10.5. The van der Waals surface area contributed by atoms with E-state index in [0.29, 0.717) is 11.8 Å². The van der Waals surface area contributed by atoms with Gasteiger partial charge in [0.1, 0.15) is 0 Å². The molecular weight excluding hydrogens is 246 g/mol. The zero-order valence-corrected chi connectivity index (χ0v) is 13.7. The summed E-state index contributed by atoms with van der Waals surface area (Å²) in [5.74, 6) is 1.13. The van der Waals surface area contributed by atoms with Crippen molar-refractivity contribution in [1.29, 1.82) is 0 Å². The normalized spacial score (nSPS) is 15.1. The topological polar surface area (TPSA) is 23.5 Å². The van der Waals surface area contributed by atoms with E-state index in [2.05, 4.69) is 63.9 Å². The van der Waals surface area contributed by atoms with Gasteiger partial charge < -0.3 is 5.11 Å². The van der Waals surface area contributed by atoms with E-state index in [-0.39, 0.29) is 12.1 Å². The monoisotopic (exact) mass is 277 g/mol. The Labute approximate surface area is 124 Å². The van der Waals surface area contributed by atoms with Gasteiger partial charge in [-0.25, -0.2) is 0 Å². The molecule has 0 aliphatic heterocycles. The number of aliphatic hydroxyl groups is 1. The summed E-state index contributed by atoms with van der Waals surface area (Å²) in [4.78, 5) is 2.31. The Morgan fingerprint density at radius 3 is 2.00 bits per heavy atom. The van der Waals surface area contributed by atoms with Crippen molar-refractivity contribution in [2.45, 2.75) is 59.2 Å². The van der Waals surface area contributed by atoms with E-state index in [1.165, 1.54) is 5.56 Å². The van der Waals surface area contributed by atoms with Gasteiger partial charge in [0, 0.05) is 12.6 Å². The second-order valence-electron chi connectivity index (χ2n) is 6.79. The summed E-state index contributed by atoms with van der Waals surface area (Å²) in [6.45, 7) is 9.70. The third-order valence-corrected chi connectivity index (χ3v) is 3.71. The number of aliphatic hydroxyl groups excluding tert-OH is 1. The van der Waals surface area contributed by atoms with Gasteiger partial charge in [0.05, 0.1) is 6.10 Å². The van der Waals surface area contributed by atoms with Gasteiger partial charge in [-0.1, -0.05) is 58.0 Å². The van der Waals surface area contributed by atoms with E-state index < -0.39 is 0 Å². The smallest absolute Gasteiger partial charge is 0.0697 e. The van der Waals surface area contributed by atoms with Crippen molar-refractivity contribution in [3.63, 3.8) is 0 Å². The molecule has 0 spiro atoms. The maximum Gasteiger partial charge on any atom is 0.0697 e. The number of nitrogens with zero attached hydrogens (tertiary/aromatic N) is 1. The molecule has 0 saturated carbocycles. The zero-order valence-electron chi connectivity index (χ0n) is 13.7. The zero-order chi connectivity index (χ0) is 15.1. The Balaban J connectivity index is 2.70. The SMILES string of the molecule is CC(C)CC(O)C(CC(C)C)N(C)Cc1ccccc1. The molecule has 114 valence electrons. The lowest BCUT2D eigenvalue weighted by Gasteiger charge is -2.34. The van der Waals surface area contributed by atoms with Crippen LogP contribution in [-0.4, -0.2) is 29.2 Å². The molecule has 2 heteroatoms. The van der Waals surface area contributed by atoms with Crippen molar-refractivity contribution in [2.75, 3.05) is 7.05 Å². The van der Waals surface area contributed by atoms with Crippen LogP contribution in [0.25, 0.3) is 0 Å². The summed E-state index contributed by atoms with van der Waals surface area (Å²) >= 11 is 0. The highest BCUT2D eigenvalue weighted by molar-refractivity contribution is 5.14. The van der Waals surface area contributed by atoms with Crippen LogP contribution < -0.4 is 0 Å². The Kier molecular flexibility index (Phi) is 7.25. The molecule has 1 rings (SSSR count). The third-order valence-electron chi connectivity index (χ3n) is 3.71. The van der Waals surface area contributed by atoms with Gasteiger partial charge >= 0.3 is 0 Å². The molecule has 0 bridgehead atoms. The van der Waals surface area contributed by atoms with Gasteiger partial charge in [-0.3, -0.25) is 4.90 Å².